The molecule has 4 aromatic heterocycles. The first-order valence-corrected chi connectivity index (χ1v) is 12.2. The van der Waals surface area contributed by atoms with E-state index in [1.54, 1.807) is 29.0 Å². The third-order valence-electron chi connectivity index (χ3n) is 5.47. The molecule has 1 N–H and O–H groups in total. The van der Waals surface area contributed by atoms with Crippen LogP contribution in [0, 0.1) is 12.0 Å². The van der Waals surface area contributed by atoms with Gasteiger partial charge in [0.05, 0.1) is 39.7 Å². The van der Waals surface area contributed by atoms with Crippen molar-refractivity contribution in [1.82, 2.24) is 29.6 Å². The zero-order valence-electron chi connectivity index (χ0n) is 17.2. The lowest BCUT2D eigenvalue weighted by Crippen LogP contribution is -2.10. The Hall–Kier alpha value is -3.48. The maximum Gasteiger partial charge on any atom is 0.142 e. The van der Waals surface area contributed by atoms with Crippen molar-refractivity contribution >= 4 is 55.3 Å². The van der Waals surface area contributed by atoms with Crippen molar-refractivity contribution in [2.75, 3.05) is 18.4 Å². The van der Waals surface area contributed by atoms with Crippen LogP contribution >= 0.6 is 22.7 Å². The molecule has 5 aromatic rings. The average Bonchev–Trinajstić information content (AvgIpc) is 3.60. The number of rotatable bonds is 4. The van der Waals surface area contributed by atoms with Crippen LogP contribution in [0.5, 0.6) is 0 Å². The van der Waals surface area contributed by atoms with E-state index in [4.69, 9.17) is 0 Å². The lowest BCUT2D eigenvalue weighted by atomic mass is 10.2. The van der Waals surface area contributed by atoms with E-state index >= 15 is 0 Å². The molecule has 158 valence electrons. The molecule has 1 saturated heterocycles. The minimum absolute atomic E-state index is 0.669. The maximum atomic E-state index is 4.54. The second kappa shape index (κ2) is 8.22. The highest BCUT2D eigenvalue weighted by atomic mass is 32.1. The van der Waals surface area contributed by atoms with Crippen LogP contribution in [0.15, 0.2) is 47.7 Å². The second-order valence-corrected chi connectivity index (χ2v) is 9.41. The summed E-state index contributed by atoms with van der Waals surface area (Å²) in [6, 6.07) is 11.6. The Morgan fingerprint density at radius 1 is 1.09 bits per heavy atom. The fourth-order valence-electron chi connectivity index (χ4n) is 3.88. The molecule has 0 atom stereocenters. The zero-order chi connectivity index (χ0) is 21.3. The van der Waals surface area contributed by atoms with Crippen LogP contribution in [0.1, 0.15) is 23.4 Å². The van der Waals surface area contributed by atoms with Gasteiger partial charge in [0.15, 0.2) is 0 Å². The molecule has 1 aromatic carbocycles. The smallest absolute Gasteiger partial charge is 0.142 e. The molecule has 0 amide bonds. The van der Waals surface area contributed by atoms with E-state index in [0.29, 0.717) is 6.54 Å². The lowest BCUT2D eigenvalue weighted by Gasteiger charge is -2.07. The summed E-state index contributed by atoms with van der Waals surface area (Å²) in [7, 11) is 0. The van der Waals surface area contributed by atoms with Crippen molar-refractivity contribution in [3.05, 3.63) is 58.3 Å². The summed E-state index contributed by atoms with van der Waals surface area (Å²) in [5.74, 6) is 4.08. The lowest BCUT2D eigenvalue weighted by molar-refractivity contribution is 0.496. The van der Waals surface area contributed by atoms with E-state index in [2.05, 4.69) is 71.9 Å². The number of hydrogen-bond donors (Lipinski definition) is 1. The monoisotopic (exact) mass is 457 g/mol. The Kier molecular flexibility index (Phi) is 4.94. The fraction of sp³-hybridized carbons (Fsp3) is 0.217. The summed E-state index contributed by atoms with van der Waals surface area (Å²) < 4.78 is 1.97. The van der Waals surface area contributed by atoms with Crippen molar-refractivity contribution in [3.8, 4) is 12.0 Å². The summed E-state index contributed by atoms with van der Waals surface area (Å²) in [5, 5.41) is 12.1. The highest BCUT2D eigenvalue weighted by Crippen LogP contribution is 2.30. The Morgan fingerprint density at radius 2 is 2.03 bits per heavy atom. The van der Waals surface area contributed by atoms with E-state index in [9.17, 15) is 0 Å². The molecular formula is C23H19N7S2. The van der Waals surface area contributed by atoms with Crippen LogP contribution in [0.2, 0.25) is 0 Å². The van der Waals surface area contributed by atoms with Crippen molar-refractivity contribution in [2.45, 2.75) is 19.4 Å². The molecule has 5 heterocycles. The molecule has 0 radical (unpaired) electrons. The number of thiophene rings is 1. The van der Waals surface area contributed by atoms with E-state index in [1.807, 2.05) is 16.4 Å². The minimum Gasteiger partial charge on any atom is -0.340 e. The quantitative estimate of drug-likeness (QED) is 0.395. The van der Waals surface area contributed by atoms with E-state index in [1.165, 1.54) is 12.8 Å². The van der Waals surface area contributed by atoms with Gasteiger partial charge in [0.2, 0.25) is 0 Å². The molecule has 0 unspecified atom stereocenters. The van der Waals surface area contributed by atoms with Crippen LogP contribution in [0.4, 0.5) is 11.5 Å². The zero-order valence-corrected chi connectivity index (χ0v) is 18.8. The van der Waals surface area contributed by atoms with Crippen molar-refractivity contribution in [3.63, 3.8) is 0 Å². The van der Waals surface area contributed by atoms with Gasteiger partial charge in [-0.1, -0.05) is 0 Å². The Balaban J connectivity index is 1.27. The maximum absolute atomic E-state index is 4.54. The van der Waals surface area contributed by atoms with Crippen LogP contribution in [-0.4, -0.2) is 42.7 Å². The number of thiazole rings is 1. The summed E-state index contributed by atoms with van der Waals surface area (Å²) in [6.07, 6.45) is 5.95. The average molecular weight is 458 g/mol. The van der Waals surface area contributed by atoms with Gasteiger partial charge >= 0.3 is 0 Å². The van der Waals surface area contributed by atoms with Crippen LogP contribution < -0.4 is 5.32 Å². The van der Waals surface area contributed by atoms with Crippen LogP contribution in [0.3, 0.4) is 0 Å². The molecule has 7 nitrogen and oxygen atoms in total. The van der Waals surface area contributed by atoms with Gasteiger partial charge < -0.3 is 10.2 Å². The Labute approximate surface area is 192 Å². The first-order valence-electron chi connectivity index (χ1n) is 10.4. The topological polar surface area (TPSA) is 71.8 Å². The molecule has 9 heteroatoms. The third kappa shape index (κ3) is 3.79. The fourth-order valence-corrected chi connectivity index (χ4v) is 5.27. The molecule has 0 bridgehead atoms. The number of anilines is 2. The molecule has 1 aliphatic rings. The highest BCUT2D eigenvalue weighted by molar-refractivity contribution is 7.19. The number of nitrogens with zero attached hydrogens (tertiary/aromatic N) is 6. The first kappa shape index (κ1) is 19.2. The molecule has 0 spiro atoms. The van der Waals surface area contributed by atoms with Gasteiger partial charge in [0, 0.05) is 35.6 Å². The van der Waals surface area contributed by atoms with Gasteiger partial charge in [-0.25, -0.2) is 15.0 Å². The molecule has 1 fully saturated rings. The number of likely N-dealkylation sites (tertiary alicyclic amines) is 1. The van der Waals surface area contributed by atoms with Gasteiger partial charge in [-0.2, -0.15) is 5.10 Å². The van der Waals surface area contributed by atoms with E-state index in [0.717, 1.165) is 56.3 Å². The van der Waals surface area contributed by atoms with Gasteiger partial charge in [0.25, 0.3) is 0 Å². The number of fused-ring (bicyclic) bond motifs is 2. The third-order valence-corrected chi connectivity index (χ3v) is 7.07. The van der Waals surface area contributed by atoms with Gasteiger partial charge in [-0.05, 0) is 43.0 Å². The Morgan fingerprint density at radius 3 is 2.91 bits per heavy atom. The Bertz CT molecular complexity index is 1450. The largest absolute Gasteiger partial charge is 0.340 e. The molecular weight excluding hydrogens is 438 g/mol. The van der Waals surface area contributed by atoms with Gasteiger partial charge in [0.1, 0.15) is 17.0 Å². The number of benzene rings is 1. The van der Waals surface area contributed by atoms with Crippen LogP contribution in [0.25, 0.3) is 21.1 Å². The van der Waals surface area contributed by atoms with E-state index in [-0.39, 0.29) is 0 Å². The first-order chi connectivity index (χ1) is 15.8. The minimum atomic E-state index is 0.669. The molecule has 32 heavy (non-hydrogen) atoms. The number of aromatic nitrogens is 5. The number of hydrogen-bond acceptors (Lipinski definition) is 8. The van der Waals surface area contributed by atoms with Crippen molar-refractivity contribution < 1.29 is 0 Å². The molecule has 1 aliphatic heterocycles. The van der Waals surface area contributed by atoms with Crippen molar-refractivity contribution in [2.24, 2.45) is 0 Å². The predicted octanol–water partition coefficient (Wildman–Crippen LogP) is 4.69. The SMILES string of the molecule is C(#CN1CCCC1)c1cc2c(Nc3ccc4c(cnn4Cc4cscn4)c3)ncnc2s1. The summed E-state index contributed by atoms with van der Waals surface area (Å²) >= 11 is 3.20. The number of nitrogens with one attached hydrogen (secondary N) is 1. The second-order valence-electron chi connectivity index (χ2n) is 7.66. The van der Waals surface area contributed by atoms with Crippen molar-refractivity contribution in [1.29, 1.82) is 0 Å². The predicted molar refractivity (Wildman–Crippen MR) is 129 cm³/mol. The normalized spacial score (nSPS) is 13.6. The molecule has 0 aliphatic carbocycles. The molecule has 6 rings (SSSR count). The molecule has 0 saturated carbocycles. The standard InChI is InChI=1S/C23H19N7S2/c1-2-7-29(6-1)8-5-19-10-20-22(24-14-25-23(20)32-19)28-17-3-4-21-16(9-17)11-27-30(21)12-18-13-31-15-26-18/h3-4,9-11,13-15H,1-2,6-7,12H2,(H,24,25,28). The highest BCUT2D eigenvalue weighted by Gasteiger charge is 2.11. The summed E-state index contributed by atoms with van der Waals surface area (Å²) in [5.41, 5.74) is 4.90. The summed E-state index contributed by atoms with van der Waals surface area (Å²) in [4.78, 5) is 17.4. The summed E-state index contributed by atoms with van der Waals surface area (Å²) in [6.45, 7) is 2.79. The van der Waals surface area contributed by atoms with E-state index < -0.39 is 0 Å². The van der Waals surface area contributed by atoms with Gasteiger partial charge in [-0.15, -0.1) is 22.7 Å². The van der Waals surface area contributed by atoms with Gasteiger partial charge in [-0.3, -0.25) is 4.68 Å². The van der Waals surface area contributed by atoms with Crippen LogP contribution in [-0.2, 0) is 6.54 Å².